The fourth-order valence-electron chi connectivity index (χ4n) is 3.64. The Bertz CT molecular complexity index is 750. The molecule has 0 spiro atoms. The summed E-state index contributed by atoms with van der Waals surface area (Å²) in [5.41, 5.74) is 0. The molecule has 0 aromatic carbocycles. The van der Waals surface area contributed by atoms with Crippen molar-refractivity contribution in [2.75, 3.05) is 18.4 Å². The Hall–Kier alpha value is -2.22. The first-order valence-electron chi connectivity index (χ1n) is 8.99. The van der Waals surface area contributed by atoms with E-state index < -0.39 is 0 Å². The van der Waals surface area contributed by atoms with E-state index in [9.17, 15) is 4.79 Å². The molecule has 8 heteroatoms. The van der Waals surface area contributed by atoms with Crippen LogP contribution in [0.5, 0.6) is 0 Å². The minimum absolute atomic E-state index is 0.0307. The van der Waals surface area contributed by atoms with E-state index in [4.69, 9.17) is 4.52 Å². The van der Waals surface area contributed by atoms with Crippen molar-refractivity contribution in [1.29, 1.82) is 0 Å². The Kier molecular flexibility index (Phi) is 4.29. The van der Waals surface area contributed by atoms with E-state index in [1.54, 1.807) is 13.1 Å². The van der Waals surface area contributed by atoms with Crippen LogP contribution in [-0.2, 0) is 4.79 Å². The number of aromatic nitrogens is 4. The molecule has 1 amide bonds. The number of nitrogens with one attached hydrogen (secondary N) is 1. The maximum atomic E-state index is 12.6. The molecule has 0 radical (unpaired) electrons. The van der Waals surface area contributed by atoms with Gasteiger partial charge < -0.3 is 9.84 Å². The fraction of sp³-hybridized carbons (Fsp3) is 0.647. The second kappa shape index (κ2) is 6.59. The van der Waals surface area contributed by atoms with Crippen LogP contribution < -0.4 is 5.32 Å². The third kappa shape index (κ3) is 3.44. The standard InChI is InChI=1S/C17H24N6O2/c1-11(13-5-6-13)23-15(7-8-18-23)20-16(24)10-22-9-3-4-14(22)17-19-12(2)25-21-17/h7-8,11,13-14H,3-6,9-10H2,1-2H3,(H,20,24). The van der Waals surface area contributed by atoms with Crippen molar-refractivity contribution in [2.24, 2.45) is 5.92 Å². The van der Waals surface area contributed by atoms with E-state index >= 15 is 0 Å². The first-order chi connectivity index (χ1) is 12.1. The zero-order chi connectivity index (χ0) is 17.4. The zero-order valence-corrected chi connectivity index (χ0v) is 14.7. The van der Waals surface area contributed by atoms with Crippen molar-refractivity contribution in [3.05, 3.63) is 24.0 Å². The molecule has 25 heavy (non-hydrogen) atoms. The highest BCUT2D eigenvalue weighted by atomic mass is 16.5. The summed E-state index contributed by atoms with van der Waals surface area (Å²) in [4.78, 5) is 19.0. The van der Waals surface area contributed by atoms with Crippen LogP contribution in [0, 0.1) is 12.8 Å². The van der Waals surface area contributed by atoms with Gasteiger partial charge in [-0.3, -0.25) is 9.69 Å². The monoisotopic (exact) mass is 344 g/mol. The van der Waals surface area contributed by atoms with E-state index in [-0.39, 0.29) is 11.9 Å². The Morgan fingerprint density at radius 3 is 3.00 bits per heavy atom. The Morgan fingerprint density at radius 1 is 1.44 bits per heavy atom. The van der Waals surface area contributed by atoms with Gasteiger partial charge in [0.05, 0.1) is 24.8 Å². The molecule has 134 valence electrons. The lowest BCUT2D eigenvalue weighted by Crippen LogP contribution is -2.34. The molecule has 1 aliphatic carbocycles. The van der Waals surface area contributed by atoms with Crippen LogP contribution in [0.3, 0.4) is 0 Å². The summed E-state index contributed by atoms with van der Waals surface area (Å²) in [5.74, 6) is 2.66. The van der Waals surface area contributed by atoms with Crippen molar-refractivity contribution in [3.63, 3.8) is 0 Å². The summed E-state index contributed by atoms with van der Waals surface area (Å²) < 4.78 is 7.02. The quantitative estimate of drug-likeness (QED) is 0.865. The second-order valence-corrected chi connectivity index (χ2v) is 7.09. The van der Waals surface area contributed by atoms with Crippen LogP contribution in [0.2, 0.25) is 0 Å². The maximum Gasteiger partial charge on any atom is 0.239 e. The third-order valence-electron chi connectivity index (χ3n) is 5.18. The van der Waals surface area contributed by atoms with Gasteiger partial charge in [-0.15, -0.1) is 0 Å². The summed E-state index contributed by atoms with van der Waals surface area (Å²) in [6.45, 7) is 5.13. The number of carbonyl (C=O) groups excluding carboxylic acids is 1. The number of hydrogen-bond acceptors (Lipinski definition) is 6. The van der Waals surface area contributed by atoms with Crippen molar-refractivity contribution in [3.8, 4) is 0 Å². The molecule has 2 atom stereocenters. The van der Waals surface area contributed by atoms with Gasteiger partial charge in [0.2, 0.25) is 11.8 Å². The van der Waals surface area contributed by atoms with Gasteiger partial charge in [-0.25, -0.2) is 4.68 Å². The molecule has 3 heterocycles. The Labute approximate surface area is 146 Å². The molecule has 0 bridgehead atoms. The average Bonchev–Trinajstić information content (AvgIpc) is 2.94. The van der Waals surface area contributed by atoms with E-state index in [1.165, 1.54) is 12.8 Å². The Morgan fingerprint density at radius 2 is 2.28 bits per heavy atom. The van der Waals surface area contributed by atoms with E-state index in [0.29, 0.717) is 30.2 Å². The van der Waals surface area contributed by atoms with Gasteiger partial charge in [0.15, 0.2) is 5.82 Å². The largest absolute Gasteiger partial charge is 0.340 e. The van der Waals surface area contributed by atoms with Crippen molar-refractivity contribution in [2.45, 2.75) is 51.6 Å². The predicted octanol–water partition coefficient (Wildman–Crippen LogP) is 2.32. The van der Waals surface area contributed by atoms with Crippen molar-refractivity contribution < 1.29 is 9.32 Å². The summed E-state index contributed by atoms with van der Waals surface area (Å²) >= 11 is 0. The number of rotatable bonds is 6. The lowest BCUT2D eigenvalue weighted by molar-refractivity contribution is -0.117. The van der Waals surface area contributed by atoms with Gasteiger partial charge in [-0.2, -0.15) is 10.1 Å². The van der Waals surface area contributed by atoms with Crippen LogP contribution in [-0.4, -0.2) is 43.8 Å². The molecule has 2 fully saturated rings. The topological polar surface area (TPSA) is 89.1 Å². The van der Waals surface area contributed by atoms with Crippen LogP contribution in [0.1, 0.15) is 56.4 Å². The molecular weight excluding hydrogens is 320 g/mol. The van der Waals surface area contributed by atoms with Gasteiger partial charge in [0.25, 0.3) is 0 Å². The highest BCUT2D eigenvalue weighted by Gasteiger charge is 2.32. The molecule has 2 aromatic rings. The Balaban J connectivity index is 1.40. The molecule has 2 unspecified atom stereocenters. The molecule has 4 rings (SSSR count). The third-order valence-corrected chi connectivity index (χ3v) is 5.18. The SMILES string of the molecule is Cc1nc(C2CCCN2CC(=O)Nc2ccnn2C(C)C2CC2)no1. The van der Waals surface area contributed by atoms with Crippen molar-refractivity contribution in [1.82, 2.24) is 24.8 Å². The van der Waals surface area contributed by atoms with Gasteiger partial charge in [-0.05, 0) is 45.1 Å². The first-order valence-corrected chi connectivity index (χ1v) is 8.99. The fourth-order valence-corrected chi connectivity index (χ4v) is 3.64. The number of likely N-dealkylation sites (tertiary alicyclic amines) is 1. The lowest BCUT2D eigenvalue weighted by Gasteiger charge is -2.21. The molecule has 1 saturated carbocycles. The van der Waals surface area contributed by atoms with E-state index in [2.05, 4.69) is 32.4 Å². The number of amides is 1. The minimum Gasteiger partial charge on any atom is -0.340 e. The normalized spacial score (nSPS) is 22.2. The number of anilines is 1. The summed E-state index contributed by atoms with van der Waals surface area (Å²) in [5, 5.41) is 11.4. The predicted molar refractivity (Wildman–Crippen MR) is 90.9 cm³/mol. The number of hydrogen-bond donors (Lipinski definition) is 1. The molecule has 8 nitrogen and oxygen atoms in total. The number of nitrogens with zero attached hydrogens (tertiary/aromatic N) is 5. The average molecular weight is 344 g/mol. The summed E-state index contributed by atoms with van der Waals surface area (Å²) in [7, 11) is 0. The number of aryl methyl sites for hydroxylation is 1. The molecule has 2 aromatic heterocycles. The van der Waals surface area contributed by atoms with E-state index in [0.717, 1.165) is 25.2 Å². The first kappa shape index (κ1) is 16.3. The highest BCUT2D eigenvalue weighted by Crippen LogP contribution is 2.40. The van der Waals surface area contributed by atoms with E-state index in [1.807, 2.05) is 10.7 Å². The molecule has 1 saturated heterocycles. The van der Waals surface area contributed by atoms with Crippen LogP contribution >= 0.6 is 0 Å². The maximum absolute atomic E-state index is 12.6. The summed E-state index contributed by atoms with van der Waals surface area (Å²) in [6.07, 6.45) is 6.21. The lowest BCUT2D eigenvalue weighted by atomic mass is 10.2. The molecule has 1 aliphatic heterocycles. The van der Waals surface area contributed by atoms with Gasteiger partial charge in [0.1, 0.15) is 5.82 Å². The van der Waals surface area contributed by atoms with Crippen LogP contribution in [0.4, 0.5) is 5.82 Å². The van der Waals surface area contributed by atoms with Gasteiger partial charge >= 0.3 is 0 Å². The minimum atomic E-state index is -0.0307. The zero-order valence-electron chi connectivity index (χ0n) is 14.7. The second-order valence-electron chi connectivity index (χ2n) is 7.09. The summed E-state index contributed by atoms with van der Waals surface area (Å²) in [6, 6.07) is 2.24. The molecule has 2 aliphatic rings. The van der Waals surface area contributed by atoms with Gasteiger partial charge in [0, 0.05) is 13.0 Å². The van der Waals surface area contributed by atoms with Crippen molar-refractivity contribution >= 4 is 11.7 Å². The highest BCUT2D eigenvalue weighted by molar-refractivity contribution is 5.91. The number of carbonyl (C=O) groups is 1. The van der Waals surface area contributed by atoms with Crippen LogP contribution in [0.15, 0.2) is 16.8 Å². The van der Waals surface area contributed by atoms with Gasteiger partial charge in [-0.1, -0.05) is 5.16 Å². The van der Waals surface area contributed by atoms with Crippen LogP contribution in [0.25, 0.3) is 0 Å². The smallest absolute Gasteiger partial charge is 0.239 e. The molecular formula is C17H24N6O2. The molecule has 1 N–H and O–H groups in total.